The molecule has 2 rings (SSSR count). The number of anilines is 1. The summed E-state index contributed by atoms with van der Waals surface area (Å²) in [7, 11) is 0. The smallest absolute Gasteiger partial charge is 0.129 e. The summed E-state index contributed by atoms with van der Waals surface area (Å²) in [4.78, 5) is 0. The molecule has 0 aromatic heterocycles. The van der Waals surface area contributed by atoms with Crippen LogP contribution in [0, 0.1) is 17.5 Å². The zero-order valence-corrected chi connectivity index (χ0v) is 10.00. The molecular formula is C14H12F3NO. The van der Waals surface area contributed by atoms with Gasteiger partial charge in [-0.05, 0) is 24.3 Å². The molecule has 0 aliphatic carbocycles. The highest BCUT2D eigenvalue weighted by atomic mass is 19.1. The van der Waals surface area contributed by atoms with Crippen LogP contribution in [-0.4, -0.2) is 13.2 Å². The van der Waals surface area contributed by atoms with E-state index >= 15 is 0 Å². The molecule has 0 saturated heterocycles. The lowest BCUT2D eigenvalue weighted by Gasteiger charge is -2.08. The molecule has 0 unspecified atom stereocenters. The van der Waals surface area contributed by atoms with Crippen molar-refractivity contribution in [2.75, 3.05) is 18.5 Å². The number of hydrogen-bond donors (Lipinski definition) is 1. The molecule has 0 radical (unpaired) electrons. The van der Waals surface area contributed by atoms with Crippen molar-refractivity contribution in [3.8, 4) is 5.75 Å². The van der Waals surface area contributed by atoms with E-state index in [1.807, 2.05) is 0 Å². The van der Waals surface area contributed by atoms with E-state index in [1.165, 1.54) is 12.1 Å². The minimum Gasteiger partial charge on any atom is -0.492 e. The van der Waals surface area contributed by atoms with E-state index in [2.05, 4.69) is 5.32 Å². The van der Waals surface area contributed by atoms with Gasteiger partial charge in [0.05, 0.1) is 0 Å². The highest BCUT2D eigenvalue weighted by Crippen LogP contribution is 2.15. The molecule has 1 N–H and O–H groups in total. The molecule has 0 fully saturated rings. The Balaban J connectivity index is 1.79. The maximum atomic E-state index is 12.9. The van der Waals surface area contributed by atoms with E-state index in [1.54, 1.807) is 12.1 Å². The summed E-state index contributed by atoms with van der Waals surface area (Å²) in [6, 6.07) is 8.87. The minimum absolute atomic E-state index is 0.137. The Bertz CT molecular complexity index is 523. The third-order valence-electron chi connectivity index (χ3n) is 2.38. The van der Waals surface area contributed by atoms with Crippen molar-refractivity contribution in [2.45, 2.75) is 0 Å². The third kappa shape index (κ3) is 4.21. The Morgan fingerprint density at radius 3 is 2.11 bits per heavy atom. The second kappa shape index (κ2) is 6.13. The molecule has 2 nitrogen and oxygen atoms in total. The van der Waals surface area contributed by atoms with Gasteiger partial charge in [-0.3, -0.25) is 0 Å². The van der Waals surface area contributed by atoms with E-state index in [9.17, 15) is 13.2 Å². The lowest BCUT2D eigenvalue weighted by Crippen LogP contribution is -2.11. The van der Waals surface area contributed by atoms with Gasteiger partial charge in [-0.25, -0.2) is 13.2 Å². The quantitative estimate of drug-likeness (QED) is 0.836. The molecule has 0 saturated carbocycles. The monoisotopic (exact) mass is 267 g/mol. The van der Waals surface area contributed by atoms with Crippen LogP contribution in [-0.2, 0) is 0 Å². The molecule has 0 atom stereocenters. The molecular weight excluding hydrogens is 255 g/mol. The first-order valence-corrected chi connectivity index (χ1v) is 5.72. The fraction of sp³-hybridized carbons (Fsp3) is 0.143. The average Bonchev–Trinajstić information content (AvgIpc) is 2.36. The van der Waals surface area contributed by atoms with Crippen LogP contribution in [0.15, 0.2) is 42.5 Å². The molecule has 0 bridgehead atoms. The first-order valence-electron chi connectivity index (χ1n) is 5.72. The van der Waals surface area contributed by atoms with Crippen LogP contribution in [0.25, 0.3) is 0 Å². The molecule has 2 aromatic rings. The molecule has 100 valence electrons. The minimum atomic E-state index is -0.679. The van der Waals surface area contributed by atoms with E-state index in [0.717, 1.165) is 23.9 Å². The van der Waals surface area contributed by atoms with Gasteiger partial charge in [-0.1, -0.05) is 0 Å². The fourth-order valence-electron chi connectivity index (χ4n) is 1.54. The number of rotatable bonds is 5. The van der Waals surface area contributed by atoms with Gasteiger partial charge < -0.3 is 10.1 Å². The number of nitrogens with one attached hydrogen (secondary N) is 1. The van der Waals surface area contributed by atoms with Crippen molar-refractivity contribution >= 4 is 5.69 Å². The van der Waals surface area contributed by atoms with E-state index in [-0.39, 0.29) is 18.2 Å². The van der Waals surface area contributed by atoms with E-state index in [0.29, 0.717) is 6.54 Å². The lowest BCUT2D eigenvalue weighted by molar-refractivity contribution is 0.329. The van der Waals surface area contributed by atoms with Crippen LogP contribution in [0.1, 0.15) is 0 Å². The van der Waals surface area contributed by atoms with Gasteiger partial charge in [0, 0.05) is 30.4 Å². The van der Waals surface area contributed by atoms with E-state index in [4.69, 9.17) is 4.74 Å². The van der Waals surface area contributed by atoms with E-state index < -0.39 is 11.6 Å². The zero-order valence-electron chi connectivity index (χ0n) is 10.00. The summed E-state index contributed by atoms with van der Waals surface area (Å²) < 4.78 is 43.6. The van der Waals surface area contributed by atoms with Crippen molar-refractivity contribution in [1.29, 1.82) is 0 Å². The Morgan fingerprint density at radius 2 is 1.47 bits per heavy atom. The topological polar surface area (TPSA) is 21.3 Å². The third-order valence-corrected chi connectivity index (χ3v) is 2.38. The van der Waals surface area contributed by atoms with Gasteiger partial charge >= 0.3 is 0 Å². The van der Waals surface area contributed by atoms with Crippen molar-refractivity contribution in [1.82, 2.24) is 0 Å². The maximum Gasteiger partial charge on any atom is 0.129 e. The summed E-state index contributed by atoms with van der Waals surface area (Å²) in [5, 5.41) is 2.99. The predicted molar refractivity (Wildman–Crippen MR) is 66.7 cm³/mol. The standard InChI is InChI=1S/C14H12F3NO/c15-10-1-3-13(4-2-10)18-5-6-19-14-8-11(16)7-12(17)9-14/h1-4,7-9,18H,5-6H2. The molecule has 0 heterocycles. The van der Waals surface area contributed by atoms with Crippen LogP contribution in [0.5, 0.6) is 5.75 Å². The second-order valence-electron chi connectivity index (χ2n) is 3.89. The van der Waals surface area contributed by atoms with Gasteiger partial charge in [0.15, 0.2) is 0 Å². The fourth-order valence-corrected chi connectivity index (χ4v) is 1.54. The number of halogens is 3. The molecule has 0 aliphatic heterocycles. The van der Waals surface area contributed by atoms with Gasteiger partial charge in [0.2, 0.25) is 0 Å². The number of hydrogen-bond acceptors (Lipinski definition) is 2. The van der Waals surface area contributed by atoms with Crippen LogP contribution >= 0.6 is 0 Å². The van der Waals surface area contributed by atoms with Crippen LogP contribution in [0.3, 0.4) is 0 Å². The Morgan fingerprint density at radius 1 is 0.842 bits per heavy atom. The number of ether oxygens (including phenoxy) is 1. The van der Waals surface area contributed by atoms with Crippen molar-refractivity contribution in [2.24, 2.45) is 0 Å². The molecule has 19 heavy (non-hydrogen) atoms. The van der Waals surface area contributed by atoms with Crippen molar-refractivity contribution in [3.05, 3.63) is 59.9 Å². The molecule has 0 amide bonds. The zero-order chi connectivity index (χ0) is 13.7. The van der Waals surface area contributed by atoms with Gasteiger partial charge in [0.1, 0.15) is 29.8 Å². The van der Waals surface area contributed by atoms with Crippen LogP contribution < -0.4 is 10.1 Å². The average molecular weight is 267 g/mol. The lowest BCUT2D eigenvalue weighted by atomic mass is 10.3. The number of benzene rings is 2. The maximum absolute atomic E-state index is 12.9. The first kappa shape index (κ1) is 13.3. The molecule has 0 spiro atoms. The summed E-state index contributed by atoms with van der Waals surface area (Å²) in [6.45, 7) is 0.671. The highest BCUT2D eigenvalue weighted by Gasteiger charge is 2.01. The van der Waals surface area contributed by atoms with Crippen LogP contribution in [0.4, 0.5) is 18.9 Å². The molecule has 2 aromatic carbocycles. The highest BCUT2D eigenvalue weighted by molar-refractivity contribution is 5.42. The summed E-state index contributed by atoms with van der Waals surface area (Å²) in [6.07, 6.45) is 0. The van der Waals surface area contributed by atoms with Crippen molar-refractivity contribution in [3.63, 3.8) is 0 Å². The van der Waals surface area contributed by atoms with Gasteiger partial charge in [-0.2, -0.15) is 0 Å². The molecule has 0 aliphatic rings. The summed E-state index contributed by atoms with van der Waals surface area (Å²) in [5.41, 5.74) is 0.746. The summed E-state index contributed by atoms with van der Waals surface area (Å²) in [5.74, 6) is -1.53. The second-order valence-corrected chi connectivity index (χ2v) is 3.89. The van der Waals surface area contributed by atoms with Crippen molar-refractivity contribution < 1.29 is 17.9 Å². The predicted octanol–water partition coefficient (Wildman–Crippen LogP) is 3.59. The first-order chi connectivity index (χ1) is 9.13. The normalized spacial score (nSPS) is 10.3. The van der Waals surface area contributed by atoms with Gasteiger partial charge in [0.25, 0.3) is 0 Å². The summed E-state index contributed by atoms with van der Waals surface area (Å²) >= 11 is 0. The largest absolute Gasteiger partial charge is 0.492 e. The van der Waals surface area contributed by atoms with Crippen LogP contribution in [0.2, 0.25) is 0 Å². The molecule has 5 heteroatoms. The SMILES string of the molecule is Fc1ccc(NCCOc2cc(F)cc(F)c2)cc1. The Labute approximate surface area is 108 Å². The van der Waals surface area contributed by atoms with Gasteiger partial charge in [-0.15, -0.1) is 0 Å². The Kier molecular flexibility index (Phi) is 4.28. The Hall–Kier alpha value is -2.17.